The number of hydrogen-bond donors (Lipinski definition) is 1. The molecule has 1 saturated heterocycles. The number of H-pyrrole nitrogens is 1. The molecule has 1 fully saturated rings. The monoisotopic (exact) mass is 362 g/mol. The number of hydrogen-bond acceptors (Lipinski definition) is 3. The molecular weight excluding hydrogens is 344 g/mol. The van der Waals surface area contributed by atoms with Crippen molar-refractivity contribution in [3.63, 3.8) is 0 Å². The summed E-state index contributed by atoms with van der Waals surface area (Å²) in [5.41, 5.74) is 3.10. The number of aryl methyl sites for hydroxylation is 1. The first-order valence-corrected chi connectivity index (χ1v) is 8.19. The molecule has 1 aliphatic rings. The fraction of sp³-hybridized carbons (Fsp3) is 0.375. The van der Waals surface area contributed by atoms with Crippen LogP contribution in [-0.4, -0.2) is 52.1 Å². The van der Waals surface area contributed by atoms with E-state index in [0.29, 0.717) is 0 Å². The van der Waals surface area contributed by atoms with Crippen molar-refractivity contribution in [1.82, 2.24) is 20.0 Å². The fourth-order valence-electron chi connectivity index (χ4n) is 2.66. The first-order chi connectivity index (χ1) is 10.6. The van der Waals surface area contributed by atoms with Crippen LogP contribution < -0.4 is 0 Å². The summed E-state index contributed by atoms with van der Waals surface area (Å²) < 4.78 is 0.990. The quantitative estimate of drug-likeness (QED) is 0.912. The third kappa shape index (κ3) is 3.39. The van der Waals surface area contributed by atoms with Gasteiger partial charge in [0.1, 0.15) is 0 Å². The highest BCUT2D eigenvalue weighted by atomic mass is 79.9. The van der Waals surface area contributed by atoms with Gasteiger partial charge in [-0.3, -0.25) is 14.8 Å². The van der Waals surface area contributed by atoms with E-state index in [1.165, 1.54) is 5.56 Å². The maximum Gasteiger partial charge on any atom is 0.253 e. The third-order valence-corrected chi connectivity index (χ3v) is 4.61. The van der Waals surface area contributed by atoms with Crippen molar-refractivity contribution in [3.8, 4) is 0 Å². The molecule has 1 aliphatic heterocycles. The highest BCUT2D eigenvalue weighted by Gasteiger charge is 2.22. The number of benzene rings is 1. The molecule has 1 aromatic carbocycles. The predicted molar refractivity (Wildman–Crippen MR) is 88.6 cm³/mol. The lowest BCUT2D eigenvalue weighted by Crippen LogP contribution is -2.48. The Balaban J connectivity index is 1.56. The van der Waals surface area contributed by atoms with E-state index in [1.807, 2.05) is 42.3 Å². The van der Waals surface area contributed by atoms with Gasteiger partial charge in [0.15, 0.2) is 0 Å². The smallest absolute Gasteiger partial charge is 0.253 e. The van der Waals surface area contributed by atoms with E-state index in [0.717, 1.165) is 48.5 Å². The summed E-state index contributed by atoms with van der Waals surface area (Å²) in [6.07, 6.45) is 1.88. The van der Waals surface area contributed by atoms with Gasteiger partial charge in [-0.05, 0) is 31.2 Å². The molecule has 1 amide bonds. The van der Waals surface area contributed by atoms with Crippen LogP contribution in [0.1, 0.15) is 21.6 Å². The minimum Gasteiger partial charge on any atom is -0.336 e. The van der Waals surface area contributed by atoms with E-state index in [-0.39, 0.29) is 5.91 Å². The second-order valence-electron chi connectivity index (χ2n) is 5.60. The molecule has 116 valence electrons. The number of piperazine rings is 1. The van der Waals surface area contributed by atoms with Gasteiger partial charge < -0.3 is 4.90 Å². The van der Waals surface area contributed by atoms with E-state index in [4.69, 9.17) is 0 Å². The molecule has 0 unspecified atom stereocenters. The molecule has 3 rings (SSSR count). The van der Waals surface area contributed by atoms with Gasteiger partial charge in [-0.1, -0.05) is 15.9 Å². The number of rotatable bonds is 3. The molecule has 1 aromatic heterocycles. The Labute approximate surface area is 138 Å². The van der Waals surface area contributed by atoms with Crippen LogP contribution in [0.5, 0.6) is 0 Å². The molecule has 0 aliphatic carbocycles. The fourth-order valence-corrected chi connectivity index (χ4v) is 2.92. The molecule has 0 bridgehead atoms. The van der Waals surface area contributed by atoms with Crippen LogP contribution in [-0.2, 0) is 6.54 Å². The normalized spacial score (nSPS) is 16.0. The minimum atomic E-state index is 0.117. The highest BCUT2D eigenvalue weighted by Crippen LogP contribution is 2.15. The molecule has 2 aromatic rings. The summed E-state index contributed by atoms with van der Waals surface area (Å²) in [7, 11) is 0. The van der Waals surface area contributed by atoms with E-state index < -0.39 is 0 Å². The minimum absolute atomic E-state index is 0.117. The molecule has 6 heteroatoms. The maximum atomic E-state index is 12.5. The van der Waals surface area contributed by atoms with Crippen molar-refractivity contribution in [2.45, 2.75) is 13.5 Å². The summed E-state index contributed by atoms with van der Waals surface area (Å²) in [6, 6.07) is 7.55. The van der Waals surface area contributed by atoms with E-state index in [9.17, 15) is 4.79 Å². The van der Waals surface area contributed by atoms with Crippen LogP contribution in [0.2, 0.25) is 0 Å². The van der Waals surface area contributed by atoms with Crippen LogP contribution >= 0.6 is 15.9 Å². The number of nitrogens with zero attached hydrogens (tertiary/aromatic N) is 3. The average molecular weight is 363 g/mol. The first-order valence-electron chi connectivity index (χ1n) is 7.39. The predicted octanol–water partition coefficient (Wildman–Crippen LogP) is 2.44. The maximum absolute atomic E-state index is 12.5. The standard InChI is InChI=1S/C16H19BrN4O/c1-12-14(10-18-19-12)11-20-6-8-21(9-7-20)16(22)13-2-4-15(17)5-3-13/h2-5,10H,6-9,11H2,1H3,(H,18,19). The Hall–Kier alpha value is -1.66. The molecule has 0 saturated carbocycles. The lowest BCUT2D eigenvalue weighted by Gasteiger charge is -2.34. The van der Waals surface area contributed by atoms with Gasteiger partial charge in [-0.2, -0.15) is 5.10 Å². The Morgan fingerprint density at radius 1 is 1.23 bits per heavy atom. The molecule has 22 heavy (non-hydrogen) atoms. The lowest BCUT2D eigenvalue weighted by molar-refractivity contribution is 0.0628. The van der Waals surface area contributed by atoms with Gasteiger partial charge in [-0.15, -0.1) is 0 Å². The SMILES string of the molecule is Cc1[nH]ncc1CN1CCN(C(=O)c2ccc(Br)cc2)CC1. The lowest BCUT2D eigenvalue weighted by atomic mass is 10.1. The number of halogens is 1. The Kier molecular flexibility index (Phi) is 4.59. The van der Waals surface area contributed by atoms with E-state index >= 15 is 0 Å². The van der Waals surface area contributed by atoms with Gasteiger partial charge in [0, 0.05) is 54.0 Å². The summed E-state index contributed by atoms with van der Waals surface area (Å²) in [5, 5.41) is 7.02. The van der Waals surface area contributed by atoms with Crippen LogP contribution in [0.3, 0.4) is 0 Å². The Morgan fingerprint density at radius 2 is 1.91 bits per heavy atom. The van der Waals surface area contributed by atoms with Crippen LogP contribution in [0.15, 0.2) is 34.9 Å². The van der Waals surface area contributed by atoms with Gasteiger partial charge in [-0.25, -0.2) is 0 Å². The molecule has 2 heterocycles. The molecule has 0 radical (unpaired) electrons. The van der Waals surface area contributed by atoms with Crippen molar-refractivity contribution >= 4 is 21.8 Å². The van der Waals surface area contributed by atoms with Crippen LogP contribution in [0.4, 0.5) is 0 Å². The largest absolute Gasteiger partial charge is 0.336 e. The molecule has 5 nitrogen and oxygen atoms in total. The zero-order chi connectivity index (χ0) is 15.5. The van der Waals surface area contributed by atoms with E-state index in [2.05, 4.69) is 31.0 Å². The van der Waals surface area contributed by atoms with Gasteiger partial charge >= 0.3 is 0 Å². The second-order valence-corrected chi connectivity index (χ2v) is 6.51. The van der Waals surface area contributed by atoms with Gasteiger partial charge in [0.25, 0.3) is 5.91 Å². The molecule has 0 spiro atoms. The number of nitrogens with one attached hydrogen (secondary N) is 1. The topological polar surface area (TPSA) is 52.2 Å². The first kappa shape index (κ1) is 15.2. The number of aromatic amines is 1. The zero-order valence-corrected chi connectivity index (χ0v) is 14.1. The van der Waals surface area contributed by atoms with E-state index in [1.54, 1.807) is 0 Å². The number of aromatic nitrogens is 2. The molecule has 1 N–H and O–H groups in total. The van der Waals surface area contributed by atoms with Crippen molar-refractivity contribution in [2.24, 2.45) is 0 Å². The summed E-state index contributed by atoms with van der Waals surface area (Å²) in [6.45, 7) is 6.26. The third-order valence-electron chi connectivity index (χ3n) is 4.08. The molecular formula is C16H19BrN4O. The van der Waals surface area contributed by atoms with Gasteiger partial charge in [0.05, 0.1) is 6.20 Å². The zero-order valence-electron chi connectivity index (χ0n) is 12.6. The number of carbonyl (C=O) groups excluding carboxylic acids is 1. The van der Waals surface area contributed by atoms with Crippen LogP contribution in [0.25, 0.3) is 0 Å². The summed E-state index contributed by atoms with van der Waals surface area (Å²) in [4.78, 5) is 16.8. The number of amides is 1. The highest BCUT2D eigenvalue weighted by molar-refractivity contribution is 9.10. The average Bonchev–Trinajstić information content (AvgIpc) is 2.93. The summed E-state index contributed by atoms with van der Waals surface area (Å²) in [5.74, 6) is 0.117. The van der Waals surface area contributed by atoms with Crippen LogP contribution in [0, 0.1) is 6.92 Å². The summed E-state index contributed by atoms with van der Waals surface area (Å²) >= 11 is 3.39. The molecule has 0 atom stereocenters. The van der Waals surface area contributed by atoms with Crippen molar-refractivity contribution in [1.29, 1.82) is 0 Å². The van der Waals surface area contributed by atoms with Crippen molar-refractivity contribution in [3.05, 3.63) is 51.8 Å². The second kappa shape index (κ2) is 6.62. The Bertz CT molecular complexity index is 644. The number of carbonyl (C=O) groups is 1. The van der Waals surface area contributed by atoms with Crippen molar-refractivity contribution < 1.29 is 4.79 Å². The Morgan fingerprint density at radius 3 is 2.50 bits per heavy atom. The van der Waals surface area contributed by atoms with Gasteiger partial charge in [0.2, 0.25) is 0 Å². The van der Waals surface area contributed by atoms with Crippen molar-refractivity contribution in [2.75, 3.05) is 26.2 Å².